The van der Waals surface area contributed by atoms with Gasteiger partial charge in [0.2, 0.25) is 0 Å². The molecule has 0 aliphatic carbocycles. The van der Waals surface area contributed by atoms with Crippen LogP contribution in [-0.2, 0) is 10.0 Å². The molecule has 0 fully saturated rings. The largest absolute Gasteiger partial charge is 0.505 e. The Morgan fingerprint density at radius 2 is 2.10 bits per heavy atom. The Bertz CT molecular complexity index is 771. The fourth-order valence-electron chi connectivity index (χ4n) is 1.41. The van der Waals surface area contributed by atoms with E-state index in [9.17, 15) is 17.6 Å². The summed E-state index contributed by atoms with van der Waals surface area (Å²) in [4.78, 5) is 10.8. The molecule has 0 unspecified atom stereocenters. The van der Waals surface area contributed by atoms with Crippen LogP contribution in [0.15, 0.2) is 29.4 Å². The summed E-state index contributed by atoms with van der Waals surface area (Å²) in [5.74, 6) is -3.13. The molecule has 0 radical (unpaired) electrons. The van der Waals surface area contributed by atoms with Gasteiger partial charge in [-0.2, -0.15) is 13.5 Å². The van der Waals surface area contributed by atoms with Crippen molar-refractivity contribution in [3.05, 3.63) is 35.8 Å². The van der Waals surface area contributed by atoms with E-state index in [0.29, 0.717) is 0 Å². The zero-order chi connectivity index (χ0) is 14.9. The van der Waals surface area contributed by atoms with Crippen LogP contribution in [0.25, 0.3) is 0 Å². The molecular weight excluding hydrogens is 293 g/mol. The predicted octanol–water partition coefficient (Wildman–Crippen LogP) is 0.753. The molecule has 2 rings (SSSR count). The third-order valence-corrected chi connectivity index (χ3v) is 3.66. The number of phenolic OH excluding ortho intramolecular Hbond substituents is 1. The van der Waals surface area contributed by atoms with Crippen molar-refractivity contribution in [2.75, 3.05) is 4.72 Å². The summed E-state index contributed by atoms with van der Waals surface area (Å²) in [6.45, 7) is 0. The third kappa shape index (κ3) is 2.54. The Hall–Kier alpha value is -2.62. The lowest BCUT2D eigenvalue weighted by Crippen LogP contribution is -2.16. The highest BCUT2D eigenvalue weighted by Gasteiger charge is 2.25. The van der Waals surface area contributed by atoms with Gasteiger partial charge in [-0.3, -0.25) is 9.82 Å². The van der Waals surface area contributed by atoms with Crippen LogP contribution in [0.1, 0.15) is 10.4 Å². The number of benzene rings is 1. The van der Waals surface area contributed by atoms with E-state index >= 15 is 0 Å². The SMILES string of the molecule is O=C(O)c1cn[nH]c1S(=O)(=O)Nc1ccc(O)c(F)c1. The first-order valence-corrected chi connectivity index (χ1v) is 6.57. The van der Waals surface area contributed by atoms with Crippen molar-refractivity contribution >= 4 is 21.7 Å². The van der Waals surface area contributed by atoms with Crippen molar-refractivity contribution in [2.45, 2.75) is 5.03 Å². The van der Waals surface area contributed by atoms with Gasteiger partial charge in [0.25, 0.3) is 10.0 Å². The molecule has 10 heteroatoms. The predicted molar refractivity (Wildman–Crippen MR) is 64.4 cm³/mol. The van der Waals surface area contributed by atoms with Gasteiger partial charge in [-0.25, -0.2) is 9.18 Å². The second kappa shape index (κ2) is 4.81. The topological polar surface area (TPSA) is 132 Å². The molecule has 1 aromatic heterocycles. The van der Waals surface area contributed by atoms with Crippen molar-refractivity contribution in [3.63, 3.8) is 0 Å². The zero-order valence-electron chi connectivity index (χ0n) is 9.66. The van der Waals surface area contributed by atoms with Gasteiger partial charge in [0, 0.05) is 6.07 Å². The number of hydrogen-bond donors (Lipinski definition) is 4. The average Bonchev–Trinajstić information content (AvgIpc) is 2.83. The Balaban J connectivity index is 2.38. The Labute approximate surface area is 111 Å². The number of rotatable bonds is 4. The number of nitrogens with one attached hydrogen (secondary N) is 2. The summed E-state index contributed by atoms with van der Waals surface area (Å²) >= 11 is 0. The van der Waals surface area contributed by atoms with E-state index in [0.717, 1.165) is 24.4 Å². The summed E-state index contributed by atoms with van der Waals surface area (Å²) in [5.41, 5.74) is -0.719. The Kier molecular flexibility index (Phi) is 3.32. The molecule has 0 aliphatic heterocycles. The molecule has 20 heavy (non-hydrogen) atoms. The molecule has 1 aromatic carbocycles. The lowest BCUT2D eigenvalue weighted by Gasteiger charge is -2.07. The summed E-state index contributed by atoms with van der Waals surface area (Å²) in [7, 11) is -4.27. The maximum Gasteiger partial charge on any atom is 0.340 e. The number of halogens is 1. The van der Waals surface area contributed by atoms with Crippen molar-refractivity contribution < 1.29 is 27.8 Å². The second-order valence-corrected chi connectivity index (χ2v) is 5.31. The molecule has 4 N–H and O–H groups in total. The van der Waals surface area contributed by atoms with E-state index in [4.69, 9.17) is 10.2 Å². The lowest BCUT2D eigenvalue weighted by atomic mass is 10.3. The molecule has 0 amide bonds. The lowest BCUT2D eigenvalue weighted by molar-refractivity contribution is 0.0692. The van der Waals surface area contributed by atoms with E-state index in [-0.39, 0.29) is 5.69 Å². The summed E-state index contributed by atoms with van der Waals surface area (Å²) < 4.78 is 39.0. The Morgan fingerprint density at radius 1 is 1.40 bits per heavy atom. The number of aromatic hydroxyl groups is 1. The molecule has 0 spiro atoms. The quantitative estimate of drug-likeness (QED) is 0.616. The van der Waals surface area contributed by atoms with Gasteiger partial charge >= 0.3 is 5.97 Å². The smallest absolute Gasteiger partial charge is 0.340 e. The summed E-state index contributed by atoms with van der Waals surface area (Å²) in [6.07, 6.45) is 0.842. The van der Waals surface area contributed by atoms with Crippen LogP contribution in [0.5, 0.6) is 5.75 Å². The van der Waals surface area contributed by atoms with E-state index in [1.807, 2.05) is 9.82 Å². The van der Waals surface area contributed by atoms with Crippen LogP contribution in [0.3, 0.4) is 0 Å². The minimum absolute atomic E-state index is 0.175. The molecule has 0 aliphatic rings. The average molecular weight is 301 g/mol. The van der Waals surface area contributed by atoms with Crippen LogP contribution in [0, 0.1) is 5.82 Å². The summed E-state index contributed by atoms with van der Waals surface area (Å²) in [6, 6.07) is 2.83. The first-order chi connectivity index (χ1) is 9.31. The van der Waals surface area contributed by atoms with Gasteiger partial charge in [0.1, 0.15) is 5.56 Å². The molecule has 0 atom stereocenters. The van der Waals surface area contributed by atoms with Crippen molar-refractivity contribution in [1.29, 1.82) is 0 Å². The first-order valence-electron chi connectivity index (χ1n) is 5.09. The fraction of sp³-hybridized carbons (Fsp3) is 0. The van der Waals surface area contributed by atoms with Gasteiger partial charge in [0.15, 0.2) is 16.6 Å². The van der Waals surface area contributed by atoms with Gasteiger partial charge < -0.3 is 10.2 Å². The van der Waals surface area contributed by atoms with E-state index in [2.05, 4.69) is 5.10 Å². The Morgan fingerprint density at radius 3 is 2.70 bits per heavy atom. The fourth-order valence-corrected chi connectivity index (χ4v) is 2.55. The molecule has 8 nitrogen and oxygen atoms in total. The van der Waals surface area contributed by atoms with Crippen molar-refractivity contribution in [2.24, 2.45) is 0 Å². The number of aromatic nitrogens is 2. The highest BCUT2D eigenvalue weighted by atomic mass is 32.2. The standard InChI is InChI=1S/C10H8FN3O5S/c11-7-3-5(1-2-8(7)15)14-20(18,19)9-6(10(16)17)4-12-13-9/h1-4,14-15H,(H,12,13)(H,16,17). The molecule has 1 heterocycles. The third-order valence-electron chi connectivity index (χ3n) is 2.30. The maximum absolute atomic E-state index is 13.1. The number of aromatic carboxylic acids is 1. The highest BCUT2D eigenvalue weighted by molar-refractivity contribution is 7.92. The number of nitrogens with zero attached hydrogens (tertiary/aromatic N) is 1. The minimum Gasteiger partial charge on any atom is -0.505 e. The monoisotopic (exact) mass is 301 g/mol. The molecular formula is C10H8FN3O5S. The molecule has 106 valence electrons. The van der Waals surface area contributed by atoms with Crippen LogP contribution in [0.2, 0.25) is 0 Å². The van der Waals surface area contributed by atoms with Crippen LogP contribution in [-0.4, -0.2) is 34.8 Å². The molecule has 0 saturated carbocycles. The highest BCUT2D eigenvalue weighted by Crippen LogP contribution is 2.22. The number of anilines is 1. The number of aromatic amines is 1. The maximum atomic E-state index is 13.1. The van der Waals surface area contributed by atoms with Crippen LogP contribution >= 0.6 is 0 Å². The van der Waals surface area contributed by atoms with Gasteiger partial charge in [-0.1, -0.05) is 0 Å². The van der Waals surface area contributed by atoms with Crippen LogP contribution < -0.4 is 4.72 Å². The number of H-pyrrole nitrogens is 1. The van der Waals surface area contributed by atoms with Gasteiger partial charge in [0.05, 0.1) is 11.9 Å². The number of carboxylic acids is 1. The molecule has 0 saturated heterocycles. The van der Waals surface area contributed by atoms with E-state index in [1.54, 1.807) is 0 Å². The van der Waals surface area contributed by atoms with Crippen molar-refractivity contribution in [1.82, 2.24) is 10.2 Å². The minimum atomic E-state index is -4.27. The molecule has 2 aromatic rings. The molecule has 0 bridgehead atoms. The van der Waals surface area contributed by atoms with Crippen LogP contribution in [0.4, 0.5) is 10.1 Å². The number of hydrogen-bond acceptors (Lipinski definition) is 5. The first kappa shape index (κ1) is 13.8. The number of carbonyl (C=O) groups is 1. The normalized spacial score (nSPS) is 11.2. The van der Waals surface area contributed by atoms with Gasteiger partial charge in [-0.15, -0.1) is 0 Å². The number of carboxylic acid groups (broad SMARTS) is 1. The zero-order valence-corrected chi connectivity index (χ0v) is 10.5. The van der Waals surface area contributed by atoms with E-state index < -0.39 is 38.1 Å². The summed E-state index contributed by atoms with van der Waals surface area (Å²) in [5, 5.41) is 22.6. The second-order valence-electron chi connectivity index (χ2n) is 3.69. The van der Waals surface area contributed by atoms with E-state index in [1.165, 1.54) is 0 Å². The number of sulfonamides is 1. The van der Waals surface area contributed by atoms with Crippen molar-refractivity contribution in [3.8, 4) is 5.75 Å². The van der Waals surface area contributed by atoms with Gasteiger partial charge in [-0.05, 0) is 12.1 Å². The number of phenols is 1.